The lowest BCUT2D eigenvalue weighted by atomic mass is 10.0. The summed E-state index contributed by atoms with van der Waals surface area (Å²) in [4.78, 5) is 23.7. The molecule has 0 amide bonds. The lowest BCUT2D eigenvalue weighted by molar-refractivity contribution is -0.154. The predicted octanol–water partition coefficient (Wildman–Crippen LogP) is 3.64. The Morgan fingerprint density at radius 3 is 2.35 bits per heavy atom. The molecule has 1 aromatic carbocycles. The van der Waals surface area contributed by atoms with Gasteiger partial charge in [0.2, 0.25) is 5.76 Å². The van der Waals surface area contributed by atoms with E-state index in [-0.39, 0.29) is 17.7 Å². The molecule has 8 heteroatoms. The zero-order valence-electron chi connectivity index (χ0n) is 11.7. The maximum Gasteiger partial charge on any atom is 0.449 e. The van der Waals surface area contributed by atoms with Crippen molar-refractivity contribution in [3.8, 4) is 11.1 Å². The molecule has 0 saturated carbocycles. The lowest BCUT2D eigenvalue weighted by Crippen LogP contribution is -2.21. The largest absolute Gasteiger partial charge is 0.462 e. The minimum Gasteiger partial charge on any atom is -0.462 e. The van der Waals surface area contributed by atoms with E-state index in [0.717, 1.165) is 24.3 Å². The Bertz CT molecular complexity index is 776. The van der Waals surface area contributed by atoms with Crippen molar-refractivity contribution in [3.05, 3.63) is 57.9 Å². The Balaban J connectivity index is 2.73. The third kappa shape index (κ3) is 3.58. The zero-order chi connectivity index (χ0) is 17.2. The van der Waals surface area contributed by atoms with Crippen molar-refractivity contribution in [1.29, 1.82) is 0 Å². The van der Waals surface area contributed by atoms with Crippen molar-refractivity contribution >= 4 is 5.97 Å². The average molecular weight is 330 g/mol. The molecule has 0 unspecified atom stereocenters. The molecule has 1 heterocycles. The van der Waals surface area contributed by atoms with E-state index >= 15 is 0 Å². The maximum atomic E-state index is 13.0. The van der Waals surface area contributed by atoms with E-state index in [1.54, 1.807) is 0 Å². The van der Waals surface area contributed by atoms with Crippen LogP contribution in [0.15, 0.2) is 39.5 Å². The van der Waals surface area contributed by atoms with E-state index < -0.39 is 34.9 Å². The van der Waals surface area contributed by atoms with Crippen LogP contribution in [0.1, 0.15) is 23.0 Å². The third-order valence-corrected chi connectivity index (χ3v) is 2.87. The molecule has 122 valence electrons. The third-order valence-electron chi connectivity index (χ3n) is 2.87. The summed E-state index contributed by atoms with van der Waals surface area (Å²) in [7, 11) is 0. The number of alkyl halides is 3. The second kappa shape index (κ2) is 6.23. The summed E-state index contributed by atoms with van der Waals surface area (Å²) in [5, 5.41) is 0. The minimum absolute atomic E-state index is 0.0489. The van der Waals surface area contributed by atoms with E-state index in [1.807, 2.05) is 0 Å². The number of rotatable bonds is 3. The highest BCUT2D eigenvalue weighted by molar-refractivity contribution is 5.96. The average Bonchev–Trinajstić information content (AvgIpc) is 2.46. The Morgan fingerprint density at radius 1 is 1.22 bits per heavy atom. The van der Waals surface area contributed by atoms with Gasteiger partial charge in [0.05, 0.1) is 6.61 Å². The smallest absolute Gasteiger partial charge is 0.449 e. The van der Waals surface area contributed by atoms with Gasteiger partial charge in [-0.15, -0.1) is 0 Å². The molecule has 0 aliphatic carbocycles. The quantitative estimate of drug-likeness (QED) is 0.637. The van der Waals surface area contributed by atoms with Gasteiger partial charge in [-0.1, -0.05) is 12.1 Å². The predicted molar refractivity (Wildman–Crippen MR) is 71.3 cm³/mol. The van der Waals surface area contributed by atoms with Crippen LogP contribution >= 0.6 is 0 Å². The first-order chi connectivity index (χ1) is 10.7. The first kappa shape index (κ1) is 16.7. The molecule has 2 rings (SSSR count). The highest BCUT2D eigenvalue weighted by Gasteiger charge is 2.36. The molecule has 2 aromatic rings. The molecule has 23 heavy (non-hydrogen) atoms. The fraction of sp³-hybridized carbons (Fsp3) is 0.200. The van der Waals surface area contributed by atoms with Gasteiger partial charge >= 0.3 is 17.8 Å². The molecule has 0 spiro atoms. The van der Waals surface area contributed by atoms with Crippen LogP contribution in [0, 0.1) is 5.82 Å². The normalized spacial score (nSPS) is 11.3. The number of hydrogen-bond acceptors (Lipinski definition) is 4. The monoisotopic (exact) mass is 330 g/mol. The van der Waals surface area contributed by atoms with Gasteiger partial charge in [-0.25, -0.2) is 14.0 Å². The molecule has 0 saturated heterocycles. The molecule has 4 nitrogen and oxygen atoms in total. The number of ether oxygens (including phenoxy) is 1. The summed E-state index contributed by atoms with van der Waals surface area (Å²) in [6.07, 6.45) is -4.92. The fourth-order valence-electron chi connectivity index (χ4n) is 1.89. The van der Waals surface area contributed by atoms with Gasteiger partial charge in [0.15, 0.2) is 5.56 Å². The van der Waals surface area contributed by atoms with Gasteiger partial charge in [-0.2, -0.15) is 13.2 Å². The SMILES string of the molecule is CCOC(=O)c1c(-c2ccc(F)cc2)cc(C(F)(F)F)oc1=O. The van der Waals surface area contributed by atoms with Crippen LogP contribution in [0.3, 0.4) is 0 Å². The second-order valence-electron chi connectivity index (χ2n) is 4.41. The van der Waals surface area contributed by atoms with Crippen LogP contribution in [-0.4, -0.2) is 12.6 Å². The number of benzene rings is 1. The van der Waals surface area contributed by atoms with Crippen LogP contribution in [0.2, 0.25) is 0 Å². The van der Waals surface area contributed by atoms with Crippen LogP contribution in [0.4, 0.5) is 17.6 Å². The topological polar surface area (TPSA) is 56.5 Å². The number of hydrogen-bond donors (Lipinski definition) is 0. The van der Waals surface area contributed by atoms with Crippen molar-refractivity contribution in [2.45, 2.75) is 13.1 Å². The Kier molecular flexibility index (Phi) is 4.53. The summed E-state index contributed by atoms with van der Waals surface area (Å²) in [5.41, 5.74) is -2.44. The van der Waals surface area contributed by atoms with E-state index in [9.17, 15) is 27.2 Å². The highest BCUT2D eigenvalue weighted by atomic mass is 19.4. The van der Waals surface area contributed by atoms with Crippen LogP contribution in [-0.2, 0) is 10.9 Å². The van der Waals surface area contributed by atoms with Crippen LogP contribution in [0.5, 0.6) is 0 Å². The molecule has 1 aromatic heterocycles. The van der Waals surface area contributed by atoms with E-state index in [4.69, 9.17) is 0 Å². The Labute approximate surface area is 127 Å². The number of halogens is 4. The Morgan fingerprint density at radius 2 is 1.83 bits per heavy atom. The number of carbonyl (C=O) groups is 1. The lowest BCUT2D eigenvalue weighted by Gasteiger charge is -2.11. The Hall–Kier alpha value is -2.64. The van der Waals surface area contributed by atoms with Gasteiger partial charge in [0.25, 0.3) is 0 Å². The van der Waals surface area contributed by atoms with Crippen LogP contribution < -0.4 is 5.63 Å². The van der Waals surface area contributed by atoms with Crippen molar-refractivity contribution in [3.63, 3.8) is 0 Å². The first-order valence-electron chi connectivity index (χ1n) is 6.42. The molecule has 0 atom stereocenters. The molecular weight excluding hydrogens is 320 g/mol. The molecule has 0 aliphatic heterocycles. The minimum atomic E-state index is -4.92. The number of esters is 1. The van der Waals surface area contributed by atoms with Crippen molar-refractivity contribution in [2.75, 3.05) is 6.61 Å². The summed E-state index contributed by atoms with van der Waals surface area (Å²) >= 11 is 0. The zero-order valence-corrected chi connectivity index (χ0v) is 11.7. The molecule has 0 bridgehead atoms. The van der Waals surface area contributed by atoms with Crippen molar-refractivity contribution in [2.24, 2.45) is 0 Å². The second-order valence-corrected chi connectivity index (χ2v) is 4.41. The maximum absolute atomic E-state index is 13.0. The molecule has 0 aliphatic rings. The van der Waals surface area contributed by atoms with Crippen LogP contribution in [0.25, 0.3) is 11.1 Å². The van der Waals surface area contributed by atoms with Gasteiger partial charge in [-0.3, -0.25) is 0 Å². The van der Waals surface area contributed by atoms with Gasteiger partial charge in [-0.05, 0) is 30.7 Å². The van der Waals surface area contributed by atoms with E-state index in [1.165, 1.54) is 6.92 Å². The van der Waals surface area contributed by atoms with Gasteiger partial charge in [0.1, 0.15) is 5.82 Å². The van der Waals surface area contributed by atoms with Gasteiger partial charge in [0, 0.05) is 5.56 Å². The standard InChI is InChI=1S/C15H10F4O4/c1-2-22-13(20)12-10(8-3-5-9(16)6-4-8)7-11(15(17,18)19)23-14(12)21/h3-7H,2H2,1H3. The summed E-state index contributed by atoms with van der Waals surface area (Å²) in [6, 6.07) is 4.79. The first-order valence-corrected chi connectivity index (χ1v) is 6.42. The summed E-state index contributed by atoms with van der Waals surface area (Å²) in [6.45, 7) is 1.39. The molecular formula is C15H10F4O4. The van der Waals surface area contributed by atoms with E-state index in [2.05, 4.69) is 9.15 Å². The number of carbonyl (C=O) groups excluding carboxylic acids is 1. The van der Waals surface area contributed by atoms with E-state index in [0.29, 0.717) is 6.07 Å². The fourth-order valence-corrected chi connectivity index (χ4v) is 1.89. The van der Waals surface area contributed by atoms with Crippen molar-refractivity contribution in [1.82, 2.24) is 0 Å². The molecule has 0 radical (unpaired) electrons. The molecule has 0 fully saturated rings. The highest BCUT2D eigenvalue weighted by Crippen LogP contribution is 2.32. The van der Waals surface area contributed by atoms with Gasteiger partial charge < -0.3 is 9.15 Å². The summed E-state index contributed by atoms with van der Waals surface area (Å²) in [5.74, 6) is -3.30. The van der Waals surface area contributed by atoms with Crippen molar-refractivity contribution < 1.29 is 31.5 Å². The molecule has 0 N–H and O–H groups in total. The summed E-state index contributed by atoms with van der Waals surface area (Å²) < 4.78 is 60.2.